The Morgan fingerprint density at radius 2 is 2.29 bits per heavy atom. The topological polar surface area (TPSA) is 138 Å². The maximum atomic E-state index is 11.7. The number of imidazole rings is 1. The molecule has 3 rings (SSSR count). The van der Waals surface area contributed by atoms with Crippen molar-refractivity contribution in [3.63, 3.8) is 0 Å². The van der Waals surface area contributed by atoms with Crippen molar-refractivity contribution >= 4 is 19.0 Å². The zero-order chi connectivity index (χ0) is 17.3. The number of methoxy groups -OCH3 is 1. The molecule has 1 saturated heterocycles. The molecular weight excluding hydrogens is 343 g/mol. The number of hydrogen-bond donors (Lipinski definition) is 2. The van der Waals surface area contributed by atoms with E-state index in [4.69, 9.17) is 14.0 Å². The third kappa shape index (κ3) is 3.27. The van der Waals surface area contributed by atoms with Crippen molar-refractivity contribution in [2.45, 2.75) is 24.9 Å². The van der Waals surface area contributed by atoms with Crippen LogP contribution in [0.4, 0.5) is 0 Å². The summed E-state index contributed by atoms with van der Waals surface area (Å²) in [7, 11) is -1.61. The van der Waals surface area contributed by atoms with Crippen LogP contribution in [0.5, 0.6) is 0 Å². The van der Waals surface area contributed by atoms with Crippen LogP contribution in [-0.2, 0) is 23.1 Å². The minimum atomic E-state index is -4.17. The largest absolute Gasteiger partial charge is 0.472 e. The molecule has 11 nitrogen and oxygen atoms in total. The van der Waals surface area contributed by atoms with E-state index in [1.165, 1.54) is 19.8 Å². The molecule has 2 unspecified atom stereocenters. The van der Waals surface area contributed by atoms with Gasteiger partial charge in [-0.05, 0) is 0 Å². The first-order chi connectivity index (χ1) is 11.4. The van der Waals surface area contributed by atoms with E-state index in [-0.39, 0.29) is 24.1 Å². The molecule has 4 atom stereocenters. The predicted molar refractivity (Wildman–Crippen MR) is 80.3 cm³/mol. The molecule has 2 aromatic heterocycles. The van der Waals surface area contributed by atoms with Crippen molar-refractivity contribution in [2.75, 3.05) is 20.8 Å². The van der Waals surface area contributed by atoms with Crippen LogP contribution in [0.15, 0.2) is 17.4 Å². The Hall–Kier alpha value is -1.62. The van der Waals surface area contributed by atoms with E-state index in [0.29, 0.717) is 5.65 Å². The number of nitrogens with zero attached hydrogens (tertiary/aromatic N) is 3. The molecule has 2 N–H and O–H groups in total. The number of aromatic amines is 1. The van der Waals surface area contributed by atoms with Crippen LogP contribution < -0.4 is 5.56 Å². The van der Waals surface area contributed by atoms with Crippen LogP contribution in [0.2, 0.25) is 0 Å². The average Bonchev–Trinajstić information content (AvgIpc) is 3.13. The Morgan fingerprint density at radius 1 is 1.50 bits per heavy atom. The molecule has 0 aromatic carbocycles. The molecule has 12 heteroatoms. The highest BCUT2D eigenvalue weighted by Gasteiger charge is 2.41. The van der Waals surface area contributed by atoms with Gasteiger partial charge in [-0.3, -0.25) is 18.4 Å². The molecule has 1 fully saturated rings. The summed E-state index contributed by atoms with van der Waals surface area (Å²) < 4.78 is 33.7. The summed E-state index contributed by atoms with van der Waals surface area (Å²) in [6.07, 6.45) is 1.04. The van der Waals surface area contributed by atoms with Crippen molar-refractivity contribution in [3.05, 3.63) is 23.0 Å². The first kappa shape index (κ1) is 17.2. The maximum absolute atomic E-state index is 11.7. The highest BCUT2D eigenvalue weighted by atomic mass is 31.2. The second-order valence-corrected chi connectivity index (χ2v) is 6.68. The molecule has 0 radical (unpaired) electrons. The number of phosphoric acid groups is 1. The monoisotopic (exact) mass is 360 g/mol. The van der Waals surface area contributed by atoms with Gasteiger partial charge in [0.15, 0.2) is 11.2 Å². The van der Waals surface area contributed by atoms with Gasteiger partial charge in [-0.15, -0.1) is 0 Å². The molecule has 0 aliphatic carbocycles. The number of phosphoric ester groups is 1. The lowest BCUT2D eigenvalue weighted by Gasteiger charge is -2.19. The molecule has 0 bridgehead atoms. The van der Waals surface area contributed by atoms with E-state index in [1.807, 2.05) is 0 Å². The fourth-order valence-electron chi connectivity index (χ4n) is 2.58. The van der Waals surface area contributed by atoms with Crippen molar-refractivity contribution < 1.29 is 28.0 Å². The minimum Gasteiger partial charge on any atom is -0.382 e. The van der Waals surface area contributed by atoms with Gasteiger partial charge in [-0.1, -0.05) is 0 Å². The van der Waals surface area contributed by atoms with E-state index in [0.717, 1.165) is 7.11 Å². The highest BCUT2D eigenvalue weighted by Crippen LogP contribution is 2.47. The number of H-pyrrole nitrogens is 1. The summed E-state index contributed by atoms with van der Waals surface area (Å²) in [4.78, 5) is 31.8. The summed E-state index contributed by atoms with van der Waals surface area (Å²) >= 11 is 0. The fraction of sp³-hybridized carbons (Fsp3) is 0.583. The summed E-state index contributed by atoms with van der Waals surface area (Å²) in [5.41, 5.74) is 0.162. The Balaban J connectivity index is 1.88. The smallest absolute Gasteiger partial charge is 0.382 e. The van der Waals surface area contributed by atoms with Gasteiger partial charge >= 0.3 is 7.82 Å². The molecule has 132 valence electrons. The Morgan fingerprint density at radius 3 is 3.00 bits per heavy atom. The molecule has 2 aromatic rings. The molecular formula is C12H17N4O7P. The van der Waals surface area contributed by atoms with Crippen LogP contribution in [0.3, 0.4) is 0 Å². The molecule has 0 amide bonds. The standard InChI is InChI=1S/C12H17N4O7P/c1-20-4-8-7(23-24(18,19)21-2)3-9(22-8)16-6-15-10-11(16)13-5-14-12(10)17/h5-9H,3-4H2,1-2H3,(H,18,19)(H,13,14,17)/t7-,8?,9-/m1/s1. The second-order valence-electron chi connectivity index (χ2n) is 5.17. The fourth-order valence-corrected chi connectivity index (χ4v) is 3.23. The van der Waals surface area contributed by atoms with E-state index in [1.54, 1.807) is 4.57 Å². The Kier molecular flexibility index (Phi) is 4.81. The summed E-state index contributed by atoms with van der Waals surface area (Å²) in [5.74, 6) is 0. The normalized spacial score (nSPS) is 26.7. The van der Waals surface area contributed by atoms with Gasteiger partial charge in [0, 0.05) is 20.6 Å². The summed E-state index contributed by atoms with van der Waals surface area (Å²) in [6, 6.07) is 0. The summed E-state index contributed by atoms with van der Waals surface area (Å²) in [6.45, 7) is 0.158. The lowest BCUT2D eigenvalue weighted by Crippen LogP contribution is -2.28. The highest BCUT2D eigenvalue weighted by molar-refractivity contribution is 7.47. The number of fused-ring (bicyclic) bond motifs is 1. The SMILES string of the molecule is COCC1O[C@@H](n2cnc3c(=O)[nH]cnc32)C[C@H]1OP(=O)(O)OC. The number of hydrogen-bond acceptors (Lipinski definition) is 8. The molecule has 0 saturated carbocycles. The zero-order valence-electron chi connectivity index (χ0n) is 13.0. The third-order valence-electron chi connectivity index (χ3n) is 3.69. The van der Waals surface area contributed by atoms with Crippen LogP contribution in [0.25, 0.3) is 11.2 Å². The van der Waals surface area contributed by atoms with Crippen molar-refractivity contribution in [1.82, 2.24) is 19.5 Å². The van der Waals surface area contributed by atoms with Gasteiger partial charge in [-0.2, -0.15) is 0 Å². The third-order valence-corrected chi connectivity index (χ3v) is 4.68. The summed E-state index contributed by atoms with van der Waals surface area (Å²) in [5, 5.41) is 0. The van der Waals surface area contributed by atoms with Gasteiger partial charge in [0.05, 0.1) is 19.3 Å². The molecule has 1 aliphatic rings. The van der Waals surface area contributed by atoms with E-state index in [9.17, 15) is 14.3 Å². The number of ether oxygens (including phenoxy) is 2. The van der Waals surface area contributed by atoms with E-state index >= 15 is 0 Å². The maximum Gasteiger partial charge on any atom is 0.472 e. The molecule has 3 heterocycles. The molecule has 1 aliphatic heterocycles. The van der Waals surface area contributed by atoms with Crippen LogP contribution in [-0.4, -0.2) is 57.4 Å². The van der Waals surface area contributed by atoms with Gasteiger partial charge < -0.3 is 19.4 Å². The van der Waals surface area contributed by atoms with E-state index in [2.05, 4.69) is 19.5 Å². The predicted octanol–water partition coefficient (Wildman–Crippen LogP) is 0.185. The number of aromatic nitrogens is 4. The number of rotatable bonds is 6. The van der Waals surface area contributed by atoms with Crippen molar-refractivity contribution in [3.8, 4) is 0 Å². The van der Waals surface area contributed by atoms with Crippen LogP contribution in [0.1, 0.15) is 12.6 Å². The van der Waals surface area contributed by atoms with Crippen LogP contribution >= 0.6 is 7.82 Å². The average molecular weight is 360 g/mol. The Labute approximate surface area is 136 Å². The van der Waals surface area contributed by atoms with E-state index < -0.39 is 26.3 Å². The minimum absolute atomic E-state index is 0.158. The Bertz CT molecular complexity index is 821. The molecule has 0 spiro atoms. The second kappa shape index (κ2) is 6.71. The van der Waals surface area contributed by atoms with Gasteiger partial charge in [-0.25, -0.2) is 14.5 Å². The lowest BCUT2D eigenvalue weighted by molar-refractivity contribution is -0.0520. The lowest BCUT2D eigenvalue weighted by atomic mass is 10.2. The quantitative estimate of drug-likeness (QED) is 0.691. The van der Waals surface area contributed by atoms with Crippen molar-refractivity contribution in [2.24, 2.45) is 0 Å². The number of nitrogens with one attached hydrogen (secondary N) is 1. The van der Waals surface area contributed by atoms with Crippen LogP contribution in [0, 0.1) is 0 Å². The first-order valence-corrected chi connectivity index (χ1v) is 8.56. The van der Waals surface area contributed by atoms with Crippen molar-refractivity contribution in [1.29, 1.82) is 0 Å². The van der Waals surface area contributed by atoms with Gasteiger partial charge in [0.25, 0.3) is 5.56 Å². The molecule has 24 heavy (non-hydrogen) atoms. The van der Waals surface area contributed by atoms with Gasteiger partial charge in [0.1, 0.15) is 18.4 Å². The zero-order valence-corrected chi connectivity index (χ0v) is 13.9. The van der Waals surface area contributed by atoms with Gasteiger partial charge in [0.2, 0.25) is 0 Å². The first-order valence-electron chi connectivity index (χ1n) is 7.06.